The average molecular weight is 214 g/mol. The lowest BCUT2D eigenvalue weighted by Crippen LogP contribution is -1.84. The zero-order chi connectivity index (χ0) is 9.42. The van der Waals surface area contributed by atoms with E-state index in [1.54, 1.807) is 13.2 Å². The van der Waals surface area contributed by atoms with Gasteiger partial charge < -0.3 is 10.5 Å². The smallest absolute Gasteiger partial charge is 0.174 e. The summed E-state index contributed by atoms with van der Waals surface area (Å²) in [6, 6.07) is 5.69. The molecule has 2 rings (SSSR count). The summed E-state index contributed by atoms with van der Waals surface area (Å²) in [4.78, 5) is 0. The monoisotopic (exact) mass is 213 g/mol. The van der Waals surface area contributed by atoms with E-state index in [1.165, 1.54) is 11.3 Å². The summed E-state index contributed by atoms with van der Waals surface area (Å²) < 4.78 is 6.10. The van der Waals surface area contributed by atoms with Gasteiger partial charge >= 0.3 is 0 Å². The van der Waals surface area contributed by atoms with Gasteiger partial charge in [-0.1, -0.05) is 29.0 Å². The molecule has 0 radical (unpaired) electrons. The Bertz CT molecular complexity index is 452. The number of anilines is 1. The van der Waals surface area contributed by atoms with Crippen LogP contribution < -0.4 is 10.5 Å². The van der Waals surface area contributed by atoms with Crippen molar-refractivity contribution in [2.75, 3.05) is 12.8 Å². The second kappa shape index (κ2) is 3.09. The van der Waals surface area contributed by atoms with Crippen molar-refractivity contribution in [3.63, 3.8) is 0 Å². The molecule has 0 atom stereocenters. The lowest BCUT2D eigenvalue weighted by Gasteiger charge is -1.97. The van der Waals surface area contributed by atoms with Gasteiger partial charge in [0, 0.05) is 0 Å². The third-order valence-electron chi connectivity index (χ3n) is 1.85. The molecule has 2 N–H and O–H groups in total. The number of hydrogen-bond acceptors (Lipinski definition) is 3. The topological polar surface area (TPSA) is 35.2 Å². The molecule has 4 heteroatoms. The Balaban J connectivity index is 2.76. The molecule has 2 nitrogen and oxygen atoms in total. The number of methoxy groups -OCH3 is 1. The van der Waals surface area contributed by atoms with E-state index >= 15 is 0 Å². The van der Waals surface area contributed by atoms with Crippen LogP contribution in [0.4, 0.5) is 5.69 Å². The molecule has 13 heavy (non-hydrogen) atoms. The van der Waals surface area contributed by atoms with E-state index in [9.17, 15) is 0 Å². The second-order valence-corrected chi connectivity index (χ2v) is 4.07. The molecule has 0 aliphatic carbocycles. The number of benzene rings is 1. The Morgan fingerprint density at radius 1 is 1.46 bits per heavy atom. The predicted molar refractivity (Wildman–Crippen MR) is 57.8 cm³/mol. The van der Waals surface area contributed by atoms with Gasteiger partial charge in [0.25, 0.3) is 0 Å². The maximum absolute atomic E-state index is 5.88. The molecular formula is C9H8ClNOS. The molecule has 0 unspecified atom stereocenters. The van der Waals surface area contributed by atoms with E-state index in [2.05, 4.69) is 0 Å². The average Bonchev–Trinajstić information content (AvgIpc) is 2.55. The summed E-state index contributed by atoms with van der Waals surface area (Å²) in [6.07, 6.45) is 0. The fraction of sp³-hybridized carbons (Fsp3) is 0.111. The van der Waals surface area contributed by atoms with E-state index in [0.29, 0.717) is 10.7 Å². The number of hydrogen-bond donors (Lipinski definition) is 1. The van der Waals surface area contributed by atoms with Crippen LogP contribution in [0.15, 0.2) is 18.2 Å². The van der Waals surface area contributed by atoms with E-state index in [1.807, 2.05) is 12.1 Å². The summed E-state index contributed by atoms with van der Waals surface area (Å²) >= 11 is 7.39. The molecule has 68 valence electrons. The summed E-state index contributed by atoms with van der Waals surface area (Å²) in [5.74, 6) is 0. The van der Waals surface area contributed by atoms with Crippen LogP contribution in [-0.2, 0) is 0 Å². The Labute approximate surface area is 84.9 Å². The van der Waals surface area contributed by atoms with Crippen LogP contribution in [0.1, 0.15) is 0 Å². The van der Waals surface area contributed by atoms with Crippen LogP contribution in [0.5, 0.6) is 5.06 Å². The zero-order valence-corrected chi connectivity index (χ0v) is 8.58. The number of nitrogens with two attached hydrogens (primary N) is 1. The van der Waals surface area contributed by atoms with Gasteiger partial charge in [-0.25, -0.2) is 0 Å². The molecule has 2 aromatic rings. The van der Waals surface area contributed by atoms with Crippen molar-refractivity contribution < 1.29 is 4.74 Å². The minimum Gasteiger partial charge on any atom is -0.487 e. The number of ether oxygens (including phenoxy) is 1. The fourth-order valence-corrected chi connectivity index (χ4v) is 2.33. The molecule has 0 spiro atoms. The minimum absolute atomic E-state index is 0.594. The van der Waals surface area contributed by atoms with Crippen molar-refractivity contribution in [2.45, 2.75) is 0 Å². The van der Waals surface area contributed by atoms with Gasteiger partial charge in [-0.3, -0.25) is 0 Å². The SMILES string of the molecule is COc1cc2ccc(Cl)c(N)c2s1. The predicted octanol–water partition coefficient (Wildman–Crippen LogP) is 3.15. The third kappa shape index (κ3) is 1.34. The number of nitrogen functional groups attached to an aromatic ring is 1. The lowest BCUT2D eigenvalue weighted by molar-refractivity contribution is 0.427. The Hall–Kier alpha value is -0.930. The first-order valence-corrected chi connectivity index (χ1v) is 4.93. The highest BCUT2D eigenvalue weighted by Crippen LogP contribution is 2.38. The number of rotatable bonds is 1. The van der Waals surface area contributed by atoms with Crippen molar-refractivity contribution >= 4 is 38.7 Å². The first-order valence-electron chi connectivity index (χ1n) is 3.74. The van der Waals surface area contributed by atoms with Gasteiger partial charge in [0.1, 0.15) is 0 Å². The van der Waals surface area contributed by atoms with Crippen LogP contribution >= 0.6 is 22.9 Å². The van der Waals surface area contributed by atoms with Crippen LogP contribution in [0.3, 0.4) is 0 Å². The van der Waals surface area contributed by atoms with E-state index < -0.39 is 0 Å². The van der Waals surface area contributed by atoms with Gasteiger partial charge in [0.15, 0.2) is 5.06 Å². The fourth-order valence-electron chi connectivity index (χ4n) is 1.18. The van der Waals surface area contributed by atoms with Crippen molar-refractivity contribution in [3.8, 4) is 5.06 Å². The third-order valence-corrected chi connectivity index (χ3v) is 3.33. The molecule has 0 fully saturated rings. The first kappa shape index (κ1) is 8.66. The van der Waals surface area contributed by atoms with Crippen molar-refractivity contribution in [2.24, 2.45) is 0 Å². The molecule has 0 aliphatic heterocycles. The number of thiophene rings is 1. The summed E-state index contributed by atoms with van der Waals surface area (Å²) in [6.45, 7) is 0. The van der Waals surface area contributed by atoms with E-state index in [0.717, 1.165) is 15.1 Å². The first-order chi connectivity index (χ1) is 6.22. The van der Waals surface area contributed by atoms with E-state index in [4.69, 9.17) is 22.1 Å². The molecule has 0 saturated carbocycles. The van der Waals surface area contributed by atoms with Gasteiger partial charge in [-0.2, -0.15) is 0 Å². The molecule has 0 aliphatic rings. The number of halogens is 1. The molecule has 0 bridgehead atoms. The zero-order valence-electron chi connectivity index (χ0n) is 7.00. The largest absolute Gasteiger partial charge is 0.487 e. The molecule has 1 heterocycles. The quantitative estimate of drug-likeness (QED) is 0.739. The normalized spacial score (nSPS) is 10.6. The highest BCUT2D eigenvalue weighted by atomic mass is 35.5. The summed E-state index contributed by atoms with van der Waals surface area (Å²) in [7, 11) is 1.64. The van der Waals surface area contributed by atoms with Crippen LogP contribution in [0.2, 0.25) is 5.02 Å². The molecular weight excluding hydrogens is 206 g/mol. The van der Waals surface area contributed by atoms with Crippen LogP contribution in [0, 0.1) is 0 Å². The van der Waals surface area contributed by atoms with Crippen LogP contribution in [0.25, 0.3) is 10.1 Å². The van der Waals surface area contributed by atoms with Gasteiger partial charge in [-0.05, 0) is 17.5 Å². The molecule has 0 amide bonds. The van der Waals surface area contributed by atoms with Crippen molar-refractivity contribution in [3.05, 3.63) is 23.2 Å². The van der Waals surface area contributed by atoms with E-state index in [-0.39, 0.29) is 0 Å². The molecule has 0 saturated heterocycles. The maximum Gasteiger partial charge on any atom is 0.174 e. The minimum atomic E-state index is 0.594. The van der Waals surface area contributed by atoms with Crippen molar-refractivity contribution in [1.82, 2.24) is 0 Å². The lowest BCUT2D eigenvalue weighted by atomic mass is 10.2. The van der Waals surface area contributed by atoms with Gasteiger partial charge in [-0.15, -0.1) is 0 Å². The maximum atomic E-state index is 5.88. The number of fused-ring (bicyclic) bond motifs is 1. The second-order valence-electron chi connectivity index (χ2n) is 2.65. The van der Waals surface area contributed by atoms with Gasteiger partial charge in [0.05, 0.1) is 22.5 Å². The Morgan fingerprint density at radius 2 is 2.23 bits per heavy atom. The van der Waals surface area contributed by atoms with Gasteiger partial charge in [0.2, 0.25) is 0 Å². The highest BCUT2D eigenvalue weighted by molar-refractivity contribution is 7.21. The standard InChI is InChI=1S/C9H8ClNOS/c1-12-7-4-5-2-3-6(10)8(11)9(5)13-7/h2-4H,11H2,1H3. The highest BCUT2D eigenvalue weighted by Gasteiger charge is 2.06. The molecule has 1 aromatic heterocycles. The molecule has 1 aromatic carbocycles. The Morgan fingerprint density at radius 3 is 2.92 bits per heavy atom. The van der Waals surface area contributed by atoms with Crippen molar-refractivity contribution in [1.29, 1.82) is 0 Å². The Kier molecular flexibility index (Phi) is 2.06. The van der Waals surface area contributed by atoms with Crippen LogP contribution in [-0.4, -0.2) is 7.11 Å². The summed E-state index contributed by atoms with van der Waals surface area (Å²) in [5, 5.41) is 2.52. The summed E-state index contributed by atoms with van der Waals surface area (Å²) in [5.41, 5.74) is 6.44.